The van der Waals surface area contributed by atoms with Gasteiger partial charge in [-0.2, -0.15) is 0 Å². The Morgan fingerprint density at radius 3 is 3.09 bits per heavy atom. The van der Waals surface area contributed by atoms with E-state index in [9.17, 15) is 0 Å². The van der Waals surface area contributed by atoms with Gasteiger partial charge in [-0.15, -0.1) is 0 Å². The lowest BCUT2D eigenvalue weighted by atomic mass is 10.1. The van der Waals surface area contributed by atoms with Crippen molar-refractivity contribution >= 4 is 0 Å². The van der Waals surface area contributed by atoms with E-state index in [0.717, 1.165) is 12.2 Å². The first-order valence-electron chi connectivity index (χ1n) is 3.61. The maximum absolute atomic E-state index is 5.15. The van der Waals surface area contributed by atoms with E-state index in [1.807, 2.05) is 18.2 Å². The summed E-state index contributed by atoms with van der Waals surface area (Å²) in [4.78, 5) is 0. The molecule has 0 aromatic carbocycles. The van der Waals surface area contributed by atoms with Crippen molar-refractivity contribution in [1.29, 1.82) is 0 Å². The van der Waals surface area contributed by atoms with Gasteiger partial charge in [-0.1, -0.05) is 30.9 Å². The molecule has 1 rings (SSSR count). The van der Waals surface area contributed by atoms with Gasteiger partial charge in [0.25, 0.3) is 0 Å². The van der Waals surface area contributed by atoms with Gasteiger partial charge in [-0.05, 0) is 18.1 Å². The van der Waals surface area contributed by atoms with E-state index in [1.165, 1.54) is 5.57 Å². The van der Waals surface area contributed by atoms with Crippen molar-refractivity contribution in [2.45, 2.75) is 6.42 Å². The lowest BCUT2D eigenvalue weighted by Crippen LogP contribution is -1.94. The molecule has 1 aliphatic carbocycles. The number of hydrogen-bond donors (Lipinski definition) is 0. The Labute approximate surface area is 67.4 Å². The topological polar surface area (TPSA) is 9.23 Å². The van der Waals surface area contributed by atoms with Crippen LogP contribution in [0.5, 0.6) is 0 Å². The Bertz CT molecular complexity index is 225. The normalized spacial score (nSPS) is 19.7. The van der Waals surface area contributed by atoms with Gasteiger partial charge in [-0.25, -0.2) is 0 Å². The van der Waals surface area contributed by atoms with Gasteiger partial charge in [0.05, 0.1) is 7.11 Å². The van der Waals surface area contributed by atoms with Gasteiger partial charge >= 0.3 is 0 Å². The highest BCUT2D eigenvalue weighted by Gasteiger charge is 2.04. The Morgan fingerprint density at radius 1 is 1.64 bits per heavy atom. The quantitative estimate of drug-likeness (QED) is 0.584. The molecule has 0 aliphatic heterocycles. The smallest absolute Gasteiger partial charge is 0.122 e. The Hall–Kier alpha value is -1.24. The summed E-state index contributed by atoms with van der Waals surface area (Å²) >= 11 is 0. The molecule has 0 saturated heterocycles. The first kappa shape index (κ1) is 7.86. The molecule has 0 fully saturated rings. The molecule has 0 atom stereocenters. The van der Waals surface area contributed by atoms with Crippen molar-refractivity contribution in [3.05, 3.63) is 48.3 Å². The summed E-state index contributed by atoms with van der Waals surface area (Å²) in [6, 6.07) is 0. The number of rotatable bonds is 2. The summed E-state index contributed by atoms with van der Waals surface area (Å²) in [6.07, 6.45) is 10.7. The van der Waals surface area contributed by atoms with Gasteiger partial charge in [-0.3, -0.25) is 0 Å². The molecule has 11 heavy (non-hydrogen) atoms. The first-order chi connectivity index (χ1) is 5.38. The summed E-state index contributed by atoms with van der Waals surface area (Å²) in [7, 11) is 1.68. The van der Waals surface area contributed by atoms with Crippen LogP contribution in [0.2, 0.25) is 0 Å². The summed E-state index contributed by atoms with van der Waals surface area (Å²) in [5.41, 5.74) is 1.19. The molecule has 0 N–H and O–H groups in total. The third-order valence-electron chi connectivity index (χ3n) is 1.58. The van der Waals surface area contributed by atoms with E-state index >= 15 is 0 Å². The number of ether oxygens (including phenoxy) is 1. The molecule has 0 aromatic heterocycles. The molecule has 0 radical (unpaired) electrons. The van der Waals surface area contributed by atoms with Crippen LogP contribution in [0.15, 0.2) is 48.3 Å². The summed E-state index contributed by atoms with van der Waals surface area (Å²) in [6.45, 7) is 3.64. The highest BCUT2D eigenvalue weighted by atomic mass is 16.5. The van der Waals surface area contributed by atoms with Gasteiger partial charge in [0, 0.05) is 0 Å². The molecule has 1 nitrogen and oxygen atoms in total. The van der Waals surface area contributed by atoms with Crippen LogP contribution in [0.4, 0.5) is 0 Å². The predicted molar refractivity (Wildman–Crippen MR) is 47.1 cm³/mol. The molecule has 1 aliphatic rings. The molecular weight excluding hydrogens is 136 g/mol. The zero-order valence-electron chi connectivity index (χ0n) is 6.71. The molecule has 0 unspecified atom stereocenters. The molecular formula is C10H12O. The van der Waals surface area contributed by atoms with Crippen LogP contribution < -0.4 is 0 Å². The fraction of sp³-hybridized carbons (Fsp3) is 0.200. The lowest BCUT2D eigenvalue weighted by Gasteiger charge is -2.10. The fourth-order valence-electron chi connectivity index (χ4n) is 1.05. The minimum absolute atomic E-state index is 0.936. The monoisotopic (exact) mass is 148 g/mol. The average molecular weight is 148 g/mol. The summed E-state index contributed by atoms with van der Waals surface area (Å²) < 4.78 is 5.15. The second-order valence-corrected chi connectivity index (χ2v) is 2.29. The molecule has 0 aromatic rings. The second-order valence-electron chi connectivity index (χ2n) is 2.29. The van der Waals surface area contributed by atoms with Crippen molar-refractivity contribution < 1.29 is 4.74 Å². The Kier molecular flexibility index (Phi) is 2.73. The standard InChI is InChI=1S/C10H12O/c1-3-6-9-7-4-5-8-10(9)11-2/h3-6,8H,1,7H2,2H3/b9-6+. The van der Waals surface area contributed by atoms with E-state index in [-0.39, 0.29) is 0 Å². The Balaban J connectivity index is 2.83. The van der Waals surface area contributed by atoms with Crippen LogP contribution in [0.25, 0.3) is 0 Å². The summed E-state index contributed by atoms with van der Waals surface area (Å²) in [5.74, 6) is 0.937. The largest absolute Gasteiger partial charge is 0.496 e. The van der Waals surface area contributed by atoms with Crippen molar-refractivity contribution in [1.82, 2.24) is 0 Å². The third kappa shape index (κ3) is 1.84. The van der Waals surface area contributed by atoms with Gasteiger partial charge in [0.2, 0.25) is 0 Å². The maximum Gasteiger partial charge on any atom is 0.122 e. The van der Waals surface area contributed by atoms with Gasteiger partial charge in [0.15, 0.2) is 0 Å². The van der Waals surface area contributed by atoms with Crippen LogP contribution in [0.3, 0.4) is 0 Å². The first-order valence-corrected chi connectivity index (χ1v) is 3.61. The lowest BCUT2D eigenvalue weighted by molar-refractivity contribution is 0.299. The predicted octanol–water partition coefficient (Wildman–Crippen LogP) is 2.59. The summed E-state index contributed by atoms with van der Waals surface area (Å²) in [5, 5.41) is 0. The minimum atomic E-state index is 0.936. The molecule has 0 spiro atoms. The fourth-order valence-corrected chi connectivity index (χ4v) is 1.05. The average Bonchev–Trinajstić information content (AvgIpc) is 2.06. The Morgan fingerprint density at radius 2 is 2.45 bits per heavy atom. The van der Waals surface area contributed by atoms with Crippen molar-refractivity contribution in [3.63, 3.8) is 0 Å². The van der Waals surface area contributed by atoms with E-state index in [1.54, 1.807) is 13.2 Å². The van der Waals surface area contributed by atoms with Crippen molar-refractivity contribution in [3.8, 4) is 0 Å². The highest BCUT2D eigenvalue weighted by molar-refractivity contribution is 5.36. The SMILES string of the molecule is C=C/C=C1\CC=CC=C1OC. The van der Waals surface area contributed by atoms with Crippen LogP contribution in [-0.4, -0.2) is 7.11 Å². The highest BCUT2D eigenvalue weighted by Crippen LogP contribution is 2.19. The molecule has 1 heteroatoms. The molecule has 0 heterocycles. The molecule has 0 saturated carbocycles. The third-order valence-corrected chi connectivity index (χ3v) is 1.58. The van der Waals surface area contributed by atoms with Crippen molar-refractivity contribution in [2.75, 3.05) is 7.11 Å². The van der Waals surface area contributed by atoms with Crippen LogP contribution in [-0.2, 0) is 4.74 Å². The number of methoxy groups -OCH3 is 1. The minimum Gasteiger partial charge on any atom is -0.496 e. The number of allylic oxidation sites excluding steroid dienone is 6. The molecule has 58 valence electrons. The van der Waals surface area contributed by atoms with E-state index in [0.29, 0.717) is 0 Å². The second kappa shape index (κ2) is 3.81. The zero-order chi connectivity index (χ0) is 8.10. The van der Waals surface area contributed by atoms with E-state index < -0.39 is 0 Å². The van der Waals surface area contributed by atoms with Crippen LogP contribution in [0, 0.1) is 0 Å². The van der Waals surface area contributed by atoms with Gasteiger partial charge < -0.3 is 4.74 Å². The van der Waals surface area contributed by atoms with E-state index in [4.69, 9.17) is 4.74 Å². The maximum atomic E-state index is 5.15. The molecule has 0 bridgehead atoms. The molecule has 0 amide bonds. The van der Waals surface area contributed by atoms with Gasteiger partial charge in [0.1, 0.15) is 5.76 Å². The van der Waals surface area contributed by atoms with Crippen molar-refractivity contribution in [2.24, 2.45) is 0 Å². The number of hydrogen-bond acceptors (Lipinski definition) is 1. The van der Waals surface area contributed by atoms with E-state index in [2.05, 4.69) is 12.7 Å². The zero-order valence-corrected chi connectivity index (χ0v) is 6.71. The van der Waals surface area contributed by atoms with Crippen LogP contribution in [0.1, 0.15) is 6.42 Å². The van der Waals surface area contributed by atoms with Crippen LogP contribution >= 0.6 is 0 Å².